The standard InChI is InChI=1S/C14H13ClO2S.Na.H/c15-10-9-11-1-3-12(4-2-11)13-5-7-14(8-6-13)18(16)17;;/h1-8H,9-10H2,(H,16,17);;/q;+1;-1. The number of benzene rings is 2. The number of aryl methyl sites for hydroxylation is 1. The van der Waals surface area contributed by atoms with E-state index in [0.717, 1.165) is 17.5 Å². The van der Waals surface area contributed by atoms with Crippen LogP contribution in [-0.4, -0.2) is 14.6 Å². The molecule has 0 aliphatic rings. The van der Waals surface area contributed by atoms with Gasteiger partial charge in [-0.3, -0.25) is 0 Å². The minimum atomic E-state index is -1.91. The van der Waals surface area contributed by atoms with E-state index in [1.807, 2.05) is 24.3 Å². The van der Waals surface area contributed by atoms with Crippen molar-refractivity contribution in [3.8, 4) is 11.1 Å². The Labute approximate surface area is 144 Å². The molecule has 19 heavy (non-hydrogen) atoms. The molecule has 0 heterocycles. The fraction of sp³-hybridized carbons (Fsp3) is 0.143. The molecule has 0 aliphatic heterocycles. The van der Waals surface area contributed by atoms with Gasteiger partial charge >= 0.3 is 29.6 Å². The van der Waals surface area contributed by atoms with Crippen molar-refractivity contribution in [2.24, 2.45) is 0 Å². The summed E-state index contributed by atoms with van der Waals surface area (Å²) in [6.07, 6.45) is 0.865. The van der Waals surface area contributed by atoms with Crippen LogP contribution in [0.15, 0.2) is 53.4 Å². The first-order valence-corrected chi connectivity index (χ1v) is 7.21. The van der Waals surface area contributed by atoms with E-state index in [1.54, 1.807) is 12.1 Å². The van der Waals surface area contributed by atoms with E-state index in [0.29, 0.717) is 10.8 Å². The van der Waals surface area contributed by atoms with Crippen LogP contribution in [0.25, 0.3) is 11.1 Å². The van der Waals surface area contributed by atoms with Gasteiger partial charge in [0.25, 0.3) is 0 Å². The van der Waals surface area contributed by atoms with E-state index >= 15 is 0 Å². The summed E-state index contributed by atoms with van der Waals surface area (Å²) < 4.78 is 19.8. The number of rotatable bonds is 4. The number of halogens is 1. The maximum Gasteiger partial charge on any atom is 1.00 e. The second kappa shape index (κ2) is 8.20. The molecule has 1 atom stereocenters. The van der Waals surface area contributed by atoms with Gasteiger partial charge in [-0.1, -0.05) is 36.4 Å². The van der Waals surface area contributed by atoms with Crippen molar-refractivity contribution in [3.05, 3.63) is 54.1 Å². The predicted octanol–water partition coefficient (Wildman–Crippen LogP) is 0.832. The zero-order chi connectivity index (χ0) is 13.0. The molecule has 2 aromatic rings. The fourth-order valence-electron chi connectivity index (χ4n) is 1.74. The SMILES string of the molecule is O=S(O)c1ccc(-c2ccc(CCCl)cc2)cc1.[H-].[Na+]. The minimum absolute atomic E-state index is 0. The first-order valence-electron chi connectivity index (χ1n) is 5.57. The van der Waals surface area contributed by atoms with Crippen LogP contribution in [0.1, 0.15) is 6.99 Å². The third kappa shape index (κ3) is 4.71. The molecule has 0 saturated carbocycles. The average molecular weight is 305 g/mol. The molecular weight excluding hydrogens is 291 g/mol. The van der Waals surface area contributed by atoms with Crippen LogP contribution < -0.4 is 29.6 Å². The van der Waals surface area contributed by atoms with E-state index in [9.17, 15) is 4.21 Å². The van der Waals surface area contributed by atoms with Crippen LogP contribution in [0.3, 0.4) is 0 Å². The molecule has 0 fully saturated rings. The van der Waals surface area contributed by atoms with E-state index in [2.05, 4.69) is 12.1 Å². The molecule has 96 valence electrons. The van der Waals surface area contributed by atoms with Gasteiger partial charge in [0.1, 0.15) is 0 Å². The molecular formula is C14H14ClNaO2S. The van der Waals surface area contributed by atoms with Crippen molar-refractivity contribution in [1.82, 2.24) is 0 Å². The molecule has 0 spiro atoms. The molecule has 1 unspecified atom stereocenters. The number of hydrogen-bond donors (Lipinski definition) is 1. The fourth-order valence-corrected chi connectivity index (χ4v) is 2.32. The van der Waals surface area contributed by atoms with E-state index in [4.69, 9.17) is 16.2 Å². The second-order valence-corrected chi connectivity index (χ2v) is 5.26. The molecule has 0 bridgehead atoms. The second-order valence-electron chi connectivity index (χ2n) is 3.91. The largest absolute Gasteiger partial charge is 1.00 e. The third-order valence-corrected chi connectivity index (χ3v) is 3.59. The molecule has 0 saturated heterocycles. The molecule has 2 rings (SSSR count). The van der Waals surface area contributed by atoms with Crippen molar-refractivity contribution < 1.29 is 39.7 Å². The van der Waals surface area contributed by atoms with Crippen molar-refractivity contribution in [2.45, 2.75) is 11.3 Å². The summed E-state index contributed by atoms with van der Waals surface area (Å²) in [6.45, 7) is 0. The predicted molar refractivity (Wildman–Crippen MR) is 76.5 cm³/mol. The van der Waals surface area contributed by atoms with Gasteiger partial charge in [0.2, 0.25) is 0 Å². The quantitative estimate of drug-likeness (QED) is 0.516. The van der Waals surface area contributed by atoms with Crippen LogP contribution in [0.5, 0.6) is 0 Å². The molecule has 5 heteroatoms. The van der Waals surface area contributed by atoms with Crippen LogP contribution >= 0.6 is 11.6 Å². The number of alkyl halides is 1. The normalized spacial score (nSPS) is 11.7. The first kappa shape index (κ1) is 16.9. The molecule has 2 aromatic carbocycles. The van der Waals surface area contributed by atoms with Gasteiger partial charge < -0.3 is 5.98 Å². The Bertz CT molecular complexity index is 546. The topological polar surface area (TPSA) is 37.3 Å². The summed E-state index contributed by atoms with van der Waals surface area (Å²) in [4.78, 5) is 0.414. The van der Waals surface area contributed by atoms with Crippen LogP contribution in [0.2, 0.25) is 0 Å². The van der Waals surface area contributed by atoms with Gasteiger partial charge in [-0.2, -0.15) is 0 Å². The third-order valence-electron chi connectivity index (χ3n) is 2.73. The van der Waals surface area contributed by atoms with E-state index < -0.39 is 11.1 Å². The molecule has 2 nitrogen and oxygen atoms in total. The molecule has 0 aromatic heterocycles. The van der Waals surface area contributed by atoms with Crippen molar-refractivity contribution in [3.63, 3.8) is 0 Å². The Hall–Kier alpha value is -0.160. The van der Waals surface area contributed by atoms with Crippen molar-refractivity contribution in [2.75, 3.05) is 5.88 Å². The summed E-state index contributed by atoms with van der Waals surface area (Å²) in [5.41, 5.74) is 3.33. The summed E-state index contributed by atoms with van der Waals surface area (Å²) in [5.74, 6) is 0.621. The smallest absolute Gasteiger partial charge is 1.00 e. The van der Waals surface area contributed by atoms with Crippen molar-refractivity contribution >= 4 is 22.7 Å². The first-order chi connectivity index (χ1) is 8.70. The van der Waals surface area contributed by atoms with Crippen molar-refractivity contribution in [1.29, 1.82) is 0 Å². The molecule has 0 radical (unpaired) electrons. The molecule has 0 amide bonds. The van der Waals surface area contributed by atoms with Gasteiger partial charge in [-0.15, -0.1) is 11.6 Å². The molecule has 1 N–H and O–H groups in total. The Morgan fingerprint density at radius 2 is 1.47 bits per heavy atom. The maximum atomic E-state index is 10.9. The van der Waals surface area contributed by atoms with Crippen LogP contribution in [-0.2, 0) is 17.5 Å². The minimum Gasteiger partial charge on any atom is -1.00 e. The summed E-state index contributed by atoms with van der Waals surface area (Å²) >= 11 is 3.77. The Morgan fingerprint density at radius 3 is 1.89 bits per heavy atom. The monoisotopic (exact) mass is 304 g/mol. The van der Waals surface area contributed by atoms with Gasteiger partial charge in [0.15, 0.2) is 11.1 Å². The summed E-state index contributed by atoms with van der Waals surface area (Å²) in [7, 11) is 0. The summed E-state index contributed by atoms with van der Waals surface area (Å²) in [5, 5.41) is 0. The van der Waals surface area contributed by atoms with Crippen LogP contribution in [0.4, 0.5) is 0 Å². The van der Waals surface area contributed by atoms with E-state index in [-0.39, 0.29) is 31.0 Å². The number of hydrogen-bond acceptors (Lipinski definition) is 1. The van der Waals surface area contributed by atoms with Gasteiger partial charge in [0, 0.05) is 5.88 Å². The van der Waals surface area contributed by atoms with Gasteiger partial charge in [-0.05, 0) is 35.2 Å². The summed E-state index contributed by atoms with van der Waals surface area (Å²) in [6, 6.07) is 15.2. The zero-order valence-electron chi connectivity index (χ0n) is 11.7. The maximum absolute atomic E-state index is 10.9. The molecule has 0 aliphatic carbocycles. The van der Waals surface area contributed by atoms with Gasteiger partial charge in [-0.25, -0.2) is 4.21 Å². The average Bonchev–Trinajstić information content (AvgIpc) is 2.40. The Balaban J connectivity index is 0.00000180. The Morgan fingerprint density at radius 1 is 1.00 bits per heavy atom. The van der Waals surface area contributed by atoms with Gasteiger partial charge in [0.05, 0.1) is 4.90 Å². The van der Waals surface area contributed by atoms with Crippen LogP contribution in [0, 0.1) is 0 Å². The van der Waals surface area contributed by atoms with E-state index in [1.165, 1.54) is 5.56 Å². The zero-order valence-corrected chi connectivity index (χ0v) is 14.2. The Kier molecular flexibility index (Phi) is 7.29.